The third kappa shape index (κ3) is 5.24. The smallest absolute Gasteiger partial charge is 0.123 e. The minimum atomic E-state index is -0.0492. The van der Waals surface area contributed by atoms with Gasteiger partial charge in [0.05, 0.1) is 0 Å². The zero-order valence-corrected chi connectivity index (χ0v) is 17.5. The molecule has 0 heterocycles. The molecule has 0 fully saturated rings. The summed E-state index contributed by atoms with van der Waals surface area (Å²) in [6.45, 7) is 15.4. The van der Waals surface area contributed by atoms with E-state index in [9.17, 15) is 5.11 Å². The van der Waals surface area contributed by atoms with Gasteiger partial charge < -0.3 is 10.0 Å². The Balaban J connectivity index is 3.09. The molecule has 1 unspecified atom stereocenters. The van der Waals surface area contributed by atoms with Gasteiger partial charge in [-0.25, -0.2) is 0 Å². The van der Waals surface area contributed by atoms with Crippen molar-refractivity contribution in [3.05, 3.63) is 28.8 Å². The van der Waals surface area contributed by atoms with E-state index in [4.69, 9.17) is 0 Å². The lowest BCUT2D eigenvalue weighted by Crippen LogP contribution is -2.27. The maximum Gasteiger partial charge on any atom is 0.123 e. The van der Waals surface area contributed by atoms with E-state index in [2.05, 4.69) is 79.6 Å². The molecule has 0 saturated heterocycles. The highest BCUT2D eigenvalue weighted by Crippen LogP contribution is 2.41. The van der Waals surface area contributed by atoms with Crippen molar-refractivity contribution in [1.82, 2.24) is 4.90 Å². The van der Waals surface area contributed by atoms with Crippen molar-refractivity contribution in [1.29, 1.82) is 0 Å². The summed E-state index contributed by atoms with van der Waals surface area (Å²) in [5.74, 6) is 0.507. The third-order valence-corrected chi connectivity index (χ3v) is 5.01. The van der Waals surface area contributed by atoms with Crippen LogP contribution < -0.4 is 0 Å². The van der Waals surface area contributed by atoms with Gasteiger partial charge in [-0.15, -0.1) is 0 Å². The first-order valence-corrected chi connectivity index (χ1v) is 9.41. The molecule has 1 N–H and O–H groups in total. The molecule has 138 valence electrons. The van der Waals surface area contributed by atoms with Crippen molar-refractivity contribution in [2.24, 2.45) is 0 Å². The zero-order valence-electron chi connectivity index (χ0n) is 17.5. The minimum absolute atomic E-state index is 0.0408. The number of aromatic hydroxyl groups is 1. The standard InChI is InChI=1S/C22H39NO/c1-10-17(23(8)9)13-11-12-16-14-15-18(21(2,3)4)20(24)19(16)22(5,6)7/h14-15,17,24H,10-13H2,1-9H3. The second-order valence-corrected chi connectivity index (χ2v) is 9.41. The molecule has 0 spiro atoms. The molecule has 1 aromatic rings. The molecule has 0 saturated carbocycles. The van der Waals surface area contributed by atoms with Crippen molar-refractivity contribution >= 4 is 0 Å². The van der Waals surface area contributed by atoms with Crippen LogP contribution in [0.3, 0.4) is 0 Å². The molecule has 1 aromatic carbocycles. The molecular formula is C22H39NO. The van der Waals surface area contributed by atoms with E-state index in [1.807, 2.05) is 0 Å². The van der Waals surface area contributed by atoms with Crippen molar-refractivity contribution in [2.75, 3.05) is 14.1 Å². The Labute approximate surface area is 150 Å². The molecule has 2 heteroatoms. The number of hydrogen-bond acceptors (Lipinski definition) is 2. The van der Waals surface area contributed by atoms with Crippen molar-refractivity contribution in [2.45, 2.75) is 91.0 Å². The Kier molecular flexibility index (Phi) is 6.93. The summed E-state index contributed by atoms with van der Waals surface area (Å²) in [4.78, 5) is 2.32. The molecule has 24 heavy (non-hydrogen) atoms. The van der Waals surface area contributed by atoms with E-state index >= 15 is 0 Å². The Morgan fingerprint density at radius 2 is 1.58 bits per heavy atom. The third-order valence-electron chi connectivity index (χ3n) is 5.01. The van der Waals surface area contributed by atoms with Gasteiger partial charge in [-0.1, -0.05) is 60.6 Å². The zero-order chi connectivity index (χ0) is 18.7. The molecule has 0 radical (unpaired) electrons. The van der Waals surface area contributed by atoms with Gasteiger partial charge in [0.25, 0.3) is 0 Å². The Morgan fingerprint density at radius 1 is 1.00 bits per heavy atom. The molecule has 0 aromatic heterocycles. The number of phenols is 1. The first-order valence-electron chi connectivity index (χ1n) is 9.41. The molecule has 0 aliphatic heterocycles. The molecule has 0 amide bonds. The minimum Gasteiger partial charge on any atom is -0.507 e. The fourth-order valence-corrected chi connectivity index (χ4v) is 3.64. The summed E-state index contributed by atoms with van der Waals surface area (Å²) >= 11 is 0. The average molecular weight is 334 g/mol. The first kappa shape index (κ1) is 21.0. The van der Waals surface area contributed by atoms with Gasteiger partial charge in [0.15, 0.2) is 0 Å². The van der Waals surface area contributed by atoms with Crippen LogP contribution in [-0.2, 0) is 17.3 Å². The fraction of sp³-hybridized carbons (Fsp3) is 0.727. The van der Waals surface area contributed by atoms with Crippen LogP contribution in [0.4, 0.5) is 0 Å². The summed E-state index contributed by atoms with van der Waals surface area (Å²) in [6, 6.07) is 5.02. The lowest BCUT2D eigenvalue weighted by atomic mass is 9.76. The Morgan fingerprint density at radius 3 is 2.00 bits per heavy atom. The van der Waals surface area contributed by atoms with Crippen LogP contribution in [0.2, 0.25) is 0 Å². The van der Waals surface area contributed by atoms with E-state index in [-0.39, 0.29) is 10.8 Å². The number of benzene rings is 1. The predicted molar refractivity (Wildman–Crippen MR) is 106 cm³/mol. The number of rotatable bonds is 6. The summed E-state index contributed by atoms with van der Waals surface area (Å²) in [5.41, 5.74) is 3.40. The molecule has 0 aliphatic rings. The number of phenolic OH excluding ortho intramolecular Hbond substituents is 1. The number of hydrogen-bond donors (Lipinski definition) is 1. The van der Waals surface area contributed by atoms with Crippen LogP contribution in [0.1, 0.15) is 84.4 Å². The molecular weight excluding hydrogens is 294 g/mol. The maximum atomic E-state index is 11.0. The highest BCUT2D eigenvalue weighted by Gasteiger charge is 2.27. The van der Waals surface area contributed by atoms with E-state index in [1.54, 1.807) is 0 Å². The van der Waals surface area contributed by atoms with Crippen LogP contribution in [0.15, 0.2) is 12.1 Å². The van der Waals surface area contributed by atoms with Gasteiger partial charge in [0.2, 0.25) is 0 Å². The van der Waals surface area contributed by atoms with Gasteiger partial charge >= 0.3 is 0 Å². The summed E-state index contributed by atoms with van der Waals surface area (Å²) < 4.78 is 0. The lowest BCUT2D eigenvalue weighted by Gasteiger charge is -2.30. The SMILES string of the molecule is CCC(CCCc1ccc(C(C)(C)C)c(O)c1C(C)(C)C)N(C)C. The highest BCUT2D eigenvalue weighted by atomic mass is 16.3. The second kappa shape index (κ2) is 7.91. The van der Waals surface area contributed by atoms with Crippen molar-refractivity contribution in [3.8, 4) is 5.75 Å². The molecule has 0 bridgehead atoms. The van der Waals surface area contributed by atoms with Crippen molar-refractivity contribution < 1.29 is 5.11 Å². The Bertz CT molecular complexity index is 532. The van der Waals surface area contributed by atoms with Crippen LogP contribution >= 0.6 is 0 Å². The molecule has 1 atom stereocenters. The molecule has 0 aliphatic carbocycles. The molecule has 1 rings (SSSR count). The van der Waals surface area contributed by atoms with Crippen LogP contribution in [-0.4, -0.2) is 30.1 Å². The average Bonchev–Trinajstić information content (AvgIpc) is 2.40. The van der Waals surface area contributed by atoms with E-state index in [0.717, 1.165) is 24.0 Å². The largest absolute Gasteiger partial charge is 0.507 e. The van der Waals surface area contributed by atoms with Crippen LogP contribution in [0.25, 0.3) is 0 Å². The second-order valence-electron chi connectivity index (χ2n) is 9.41. The van der Waals surface area contributed by atoms with Crippen molar-refractivity contribution in [3.63, 3.8) is 0 Å². The summed E-state index contributed by atoms with van der Waals surface area (Å²) in [7, 11) is 4.33. The van der Waals surface area contributed by atoms with Gasteiger partial charge in [0.1, 0.15) is 5.75 Å². The van der Waals surface area contributed by atoms with Gasteiger partial charge in [-0.2, -0.15) is 0 Å². The monoisotopic (exact) mass is 333 g/mol. The maximum absolute atomic E-state index is 11.0. The van der Waals surface area contributed by atoms with Gasteiger partial charge in [-0.3, -0.25) is 0 Å². The van der Waals surface area contributed by atoms with E-state index in [0.29, 0.717) is 11.8 Å². The topological polar surface area (TPSA) is 23.5 Å². The van der Waals surface area contributed by atoms with Crippen LogP contribution in [0, 0.1) is 0 Å². The van der Waals surface area contributed by atoms with Gasteiger partial charge in [0, 0.05) is 11.6 Å². The lowest BCUT2D eigenvalue weighted by molar-refractivity contribution is 0.267. The predicted octanol–water partition coefficient (Wildman–Crippen LogP) is 5.65. The Hall–Kier alpha value is -1.02. The van der Waals surface area contributed by atoms with E-state index < -0.39 is 0 Å². The summed E-state index contributed by atoms with van der Waals surface area (Å²) in [5, 5.41) is 11.0. The van der Waals surface area contributed by atoms with Gasteiger partial charge in [-0.05, 0) is 61.7 Å². The molecule has 2 nitrogen and oxygen atoms in total. The quantitative estimate of drug-likeness (QED) is 0.727. The highest BCUT2D eigenvalue weighted by molar-refractivity contribution is 5.51. The van der Waals surface area contributed by atoms with Crippen LogP contribution in [0.5, 0.6) is 5.75 Å². The fourth-order valence-electron chi connectivity index (χ4n) is 3.64. The first-order chi connectivity index (χ1) is 10.9. The van der Waals surface area contributed by atoms with E-state index in [1.165, 1.54) is 18.4 Å². The number of aryl methyl sites for hydroxylation is 1. The number of nitrogens with zero attached hydrogens (tertiary/aromatic N) is 1. The normalized spacial score (nSPS) is 14.2. The summed E-state index contributed by atoms with van der Waals surface area (Å²) in [6.07, 6.45) is 4.59.